The van der Waals surface area contributed by atoms with Gasteiger partial charge in [-0.15, -0.1) is 0 Å². The first kappa shape index (κ1) is 22.9. The molecule has 1 aliphatic heterocycles. The first-order valence-corrected chi connectivity index (χ1v) is 12.9. The molecule has 2 aromatic rings. The van der Waals surface area contributed by atoms with Gasteiger partial charge in [0.05, 0.1) is 13.2 Å². The predicted octanol–water partition coefficient (Wildman–Crippen LogP) is 2.25. The third kappa shape index (κ3) is 3.71. The Morgan fingerprint density at radius 2 is 2.11 bits per heavy atom. The van der Waals surface area contributed by atoms with Crippen molar-refractivity contribution in [2.24, 2.45) is 29.6 Å². The number of hydrogen-bond donors (Lipinski definition) is 4. The second-order valence-corrected chi connectivity index (χ2v) is 11.0. The third-order valence-corrected chi connectivity index (χ3v) is 8.90. The number of benzene rings is 1. The number of methoxy groups -OCH3 is 1. The molecule has 36 heavy (non-hydrogen) atoms. The summed E-state index contributed by atoms with van der Waals surface area (Å²) in [5.74, 6) is 0.376. The number of nitriles is 1. The Morgan fingerprint density at radius 3 is 2.86 bits per heavy atom. The van der Waals surface area contributed by atoms with Crippen LogP contribution in [0.25, 0.3) is 10.9 Å². The summed E-state index contributed by atoms with van der Waals surface area (Å²) in [6, 6.07) is 8.92. The highest BCUT2D eigenvalue weighted by Crippen LogP contribution is 2.55. The van der Waals surface area contributed by atoms with E-state index in [2.05, 4.69) is 27.0 Å². The largest absolute Gasteiger partial charge is 0.496 e. The Kier molecular flexibility index (Phi) is 5.43. The molecular formula is C27H31N5O4. The van der Waals surface area contributed by atoms with E-state index < -0.39 is 11.6 Å². The monoisotopic (exact) mass is 489 g/mol. The first-order chi connectivity index (χ1) is 17.4. The molecule has 1 aromatic heterocycles. The topological polar surface area (TPSA) is 136 Å². The van der Waals surface area contributed by atoms with Crippen LogP contribution in [0.15, 0.2) is 24.3 Å². The molecule has 6 atom stereocenters. The summed E-state index contributed by atoms with van der Waals surface area (Å²) in [5.41, 5.74) is 0.0400. The van der Waals surface area contributed by atoms with Crippen LogP contribution in [0.2, 0.25) is 0 Å². The van der Waals surface area contributed by atoms with Crippen molar-refractivity contribution in [3.05, 3.63) is 30.0 Å². The van der Waals surface area contributed by atoms with Crippen LogP contribution in [0.3, 0.4) is 0 Å². The number of amides is 3. The van der Waals surface area contributed by atoms with Gasteiger partial charge < -0.3 is 25.7 Å². The van der Waals surface area contributed by atoms with E-state index >= 15 is 0 Å². The smallest absolute Gasteiger partial charge is 0.268 e. The molecule has 4 N–H and O–H groups in total. The lowest BCUT2D eigenvalue weighted by atomic mass is 9.52. The number of carbonyl (C=O) groups excluding carboxylic acids is 3. The van der Waals surface area contributed by atoms with Crippen LogP contribution < -0.4 is 20.7 Å². The summed E-state index contributed by atoms with van der Waals surface area (Å²) in [6.45, 7) is 0.662. The van der Waals surface area contributed by atoms with Gasteiger partial charge in [0.25, 0.3) is 5.91 Å². The maximum atomic E-state index is 13.6. The fraction of sp³-hybridized carbons (Fsp3) is 0.556. The van der Waals surface area contributed by atoms with Gasteiger partial charge in [0.1, 0.15) is 23.0 Å². The lowest BCUT2D eigenvalue weighted by molar-refractivity contribution is -0.135. The highest BCUT2D eigenvalue weighted by atomic mass is 16.5. The number of nitrogens with zero attached hydrogens (tertiary/aromatic N) is 1. The van der Waals surface area contributed by atoms with Crippen molar-refractivity contribution >= 4 is 28.6 Å². The summed E-state index contributed by atoms with van der Waals surface area (Å²) >= 11 is 0. The minimum Gasteiger partial charge on any atom is -0.496 e. The van der Waals surface area contributed by atoms with E-state index in [1.54, 1.807) is 13.2 Å². The highest BCUT2D eigenvalue weighted by molar-refractivity contribution is 6.01. The summed E-state index contributed by atoms with van der Waals surface area (Å²) in [6.07, 6.45) is 4.88. The molecule has 0 radical (unpaired) electrons. The van der Waals surface area contributed by atoms with E-state index in [1.807, 2.05) is 18.2 Å². The van der Waals surface area contributed by atoms with Gasteiger partial charge in [0.2, 0.25) is 11.8 Å². The number of carbonyl (C=O) groups is 3. The number of hydrogen-bond acceptors (Lipinski definition) is 5. The van der Waals surface area contributed by atoms with Crippen molar-refractivity contribution in [2.45, 2.75) is 50.1 Å². The molecule has 0 spiro atoms. The molecule has 9 nitrogen and oxygen atoms in total. The zero-order valence-electron chi connectivity index (χ0n) is 20.3. The van der Waals surface area contributed by atoms with E-state index in [-0.39, 0.29) is 41.4 Å². The van der Waals surface area contributed by atoms with Crippen molar-refractivity contribution in [2.75, 3.05) is 13.7 Å². The molecule has 4 aliphatic carbocycles. The molecule has 5 fully saturated rings. The zero-order valence-corrected chi connectivity index (χ0v) is 20.3. The number of fused-ring (bicyclic) bond motifs is 3. The van der Waals surface area contributed by atoms with Gasteiger partial charge in [0, 0.05) is 29.3 Å². The number of rotatable bonds is 7. The molecule has 188 valence electrons. The average Bonchev–Trinajstić information content (AvgIpc) is 3.44. The van der Waals surface area contributed by atoms with Crippen LogP contribution in [0.5, 0.6) is 5.75 Å². The molecule has 7 rings (SSSR count). The van der Waals surface area contributed by atoms with Crippen LogP contribution >= 0.6 is 0 Å². The average molecular weight is 490 g/mol. The summed E-state index contributed by atoms with van der Waals surface area (Å²) in [5, 5.41) is 20.0. The first-order valence-electron chi connectivity index (χ1n) is 12.9. The summed E-state index contributed by atoms with van der Waals surface area (Å²) in [4.78, 5) is 42.5. The van der Waals surface area contributed by atoms with Crippen LogP contribution in [0, 0.1) is 40.9 Å². The van der Waals surface area contributed by atoms with Crippen LogP contribution in [-0.2, 0) is 9.59 Å². The minimum absolute atomic E-state index is 0.000321. The van der Waals surface area contributed by atoms with Crippen molar-refractivity contribution in [3.63, 3.8) is 0 Å². The van der Waals surface area contributed by atoms with E-state index in [1.165, 1.54) is 0 Å². The quantitative estimate of drug-likeness (QED) is 0.473. The van der Waals surface area contributed by atoms with Crippen LogP contribution in [-0.4, -0.2) is 47.9 Å². The third-order valence-electron chi connectivity index (χ3n) is 8.90. The lowest BCUT2D eigenvalue weighted by Crippen LogP contribution is -2.65. The van der Waals surface area contributed by atoms with Crippen molar-refractivity contribution in [3.8, 4) is 11.8 Å². The molecule has 4 saturated carbocycles. The Balaban J connectivity index is 1.23. The second kappa shape index (κ2) is 8.54. The van der Waals surface area contributed by atoms with E-state index in [9.17, 15) is 19.6 Å². The van der Waals surface area contributed by atoms with Crippen molar-refractivity contribution in [1.82, 2.24) is 20.9 Å². The number of aromatic amines is 1. The van der Waals surface area contributed by atoms with Gasteiger partial charge in [-0.3, -0.25) is 14.4 Å². The summed E-state index contributed by atoms with van der Waals surface area (Å²) < 4.78 is 5.40. The lowest BCUT2D eigenvalue weighted by Gasteiger charge is -2.53. The Morgan fingerprint density at radius 1 is 1.28 bits per heavy atom. The molecule has 1 unspecified atom stereocenters. The fourth-order valence-corrected chi connectivity index (χ4v) is 6.95. The number of H-pyrrole nitrogens is 1. The molecule has 5 aliphatic rings. The minimum atomic E-state index is -1.08. The normalized spacial score (nSPS) is 31.3. The predicted molar refractivity (Wildman–Crippen MR) is 131 cm³/mol. The maximum Gasteiger partial charge on any atom is 0.268 e. The SMILES string of the molecule is COc1cccc2[nH]c(C(=O)N[C@@H](CC3CC3)C(=O)N[C@@]3(C#N)C[C@H]4CC[C@H]3[C@H]3C(=O)NCC43)cc12. The van der Waals surface area contributed by atoms with Crippen LogP contribution in [0.1, 0.15) is 49.0 Å². The molecule has 1 aromatic carbocycles. The molecule has 3 amide bonds. The van der Waals surface area contributed by atoms with E-state index in [0.717, 1.165) is 36.6 Å². The molecule has 1 saturated heterocycles. The Bertz CT molecular complexity index is 1280. The zero-order chi connectivity index (χ0) is 25.0. The van der Waals surface area contributed by atoms with Gasteiger partial charge in [-0.05, 0) is 61.6 Å². The van der Waals surface area contributed by atoms with E-state index in [4.69, 9.17) is 4.74 Å². The van der Waals surface area contributed by atoms with Gasteiger partial charge >= 0.3 is 0 Å². The number of nitrogens with one attached hydrogen (secondary N) is 4. The van der Waals surface area contributed by atoms with Crippen molar-refractivity contribution < 1.29 is 19.1 Å². The Labute approximate surface area is 209 Å². The van der Waals surface area contributed by atoms with Crippen LogP contribution in [0.4, 0.5) is 0 Å². The standard InChI is InChI=1S/C27H31N5O4/c1-36-22-4-2-3-19-16(22)10-21(30-19)24(33)31-20(9-14-5-6-14)25(34)32-27(13-28)11-15-7-8-18(27)23-17(15)12-29-26(23)35/h2-4,10,14-15,17-18,20,23,30H,5-9,11-12H2,1H3,(H,29,35)(H,31,33)(H,32,34)/t15-,17?,18+,20+,23+,27-/m1/s1. The highest BCUT2D eigenvalue weighted by Gasteiger charge is 2.61. The van der Waals surface area contributed by atoms with Crippen molar-refractivity contribution in [1.29, 1.82) is 5.26 Å². The fourth-order valence-electron chi connectivity index (χ4n) is 6.95. The molecule has 2 heterocycles. The second-order valence-electron chi connectivity index (χ2n) is 11.0. The molecule has 2 bridgehead atoms. The van der Waals surface area contributed by atoms with Gasteiger partial charge in [0.15, 0.2) is 0 Å². The van der Waals surface area contributed by atoms with Gasteiger partial charge in [-0.2, -0.15) is 5.26 Å². The number of ether oxygens (including phenoxy) is 1. The van der Waals surface area contributed by atoms with Gasteiger partial charge in [-0.25, -0.2) is 0 Å². The summed E-state index contributed by atoms with van der Waals surface area (Å²) in [7, 11) is 1.58. The maximum absolute atomic E-state index is 13.6. The number of aromatic nitrogens is 1. The Hall–Kier alpha value is -3.54. The molecular weight excluding hydrogens is 458 g/mol. The molecule has 9 heteroatoms. The van der Waals surface area contributed by atoms with E-state index in [0.29, 0.717) is 36.7 Å². The van der Waals surface area contributed by atoms with Gasteiger partial charge in [-0.1, -0.05) is 18.9 Å².